The molecule has 1 atom stereocenters. The third-order valence-electron chi connectivity index (χ3n) is 6.35. The van der Waals surface area contributed by atoms with Gasteiger partial charge in [-0.05, 0) is 60.4 Å². The van der Waals surface area contributed by atoms with Crippen molar-refractivity contribution in [3.63, 3.8) is 0 Å². The van der Waals surface area contributed by atoms with Gasteiger partial charge in [0.15, 0.2) is 0 Å². The van der Waals surface area contributed by atoms with Crippen molar-refractivity contribution < 1.29 is 9.53 Å². The monoisotopic (exact) mass is 455 g/mol. The van der Waals surface area contributed by atoms with Gasteiger partial charge >= 0.3 is 0 Å². The molecule has 174 valence electrons. The minimum absolute atomic E-state index is 0.0440. The van der Waals surface area contributed by atoms with Gasteiger partial charge in [-0.25, -0.2) is 4.52 Å². The van der Waals surface area contributed by atoms with Gasteiger partial charge in [0.2, 0.25) is 0 Å². The highest BCUT2D eigenvalue weighted by molar-refractivity contribution is 5.95. The van der Waals surface area contributed by atoms with E-state index in [1.54, 1.807) is 6.20 Å². The average molecular weight is 456 g/mol. The van der Waals surface area contributed by atoms with E-state index in [0.29, 0.717) is 38.4 Å². The summed E-state index contributed by atoms with van der Waals surface area (Å²) in [6.45, 7) is 5.17. The zero-order valence-corrected chi connectivity index (χ0v) is 19.4. The van der Waals surface area contributed by atoms with Crippen LogP contribution in [0.4, 0.5) is 5.69 Å². The number of rotatable bonds is 6. The summed E-state index contributed by atoms with van der Waals surface area (Å²) in [5.41, 5.74) is 6.18. The zero-order valence-electron chi connectivity index (χ0n) is 19.4. The zero-order chi connectivity index (χ0) is 23.3. The summed E-state index contributed by atoms with van der Waals surface area (Å²) in [4.78, 5) is 19.6. The van der Waals surface area contributed by atoms with Crippen LogP contribution >= 0.6 is 0 Å². The number of aromatic nitrogens is 3. The number of nitrogens with zero attached hydrogens (tertiary/aromatic N) is 4. The van der Waals surface area contributed by atoms with Gasteiger partial charge in [0.25, 0.3) is 5.91 Å². The molecule has 0 bridgehead atoms. The number of carbonyl (C=O) groups excluding carboxylic acids is 1. The first-order valence-corrected chi connectivity index (χ1v) is 11.7. The van der Waals surface area contributed by atoms with Crippen molar-refractivity contribution >= 4 is 17.1 Å². The van der Waals surface area contributed by atoms with Crippen LogP contribution in [-0.2, 0) is 17.7 Å². The number of anilines is 1. The third-order valence-corrected chi connectivity index (χ3v) is 6.35. The van der Waals surface area contributed by atoms with Crippen LogP contribution in [0.3, 0.4) is 0 Å². The van der Waals surface area contributed by atoms with Gasteiger partial charge in [0.05, 0.1) is 18.7 Å². The van der Waals surface area contributed by atoms with Crippen LogP contribution in [0.15, 0.2) is 73.3 Å². The van der Waals surface area contributed by atoms with Crippen LogP contribution in [0.25, 0.3) is 5.52 Å². The molecule has 7 nitrogen and oxygen atoms in total. The fourth-order valence-corrected chi connectivity index (χ4v) is 4.51. The van der Waals surface area contributed by atoms with E-state index < -0.39 is 0 Å². The van der Waals surface area contributed by atoms with Crippen molar-refractivity contribution in [1.82, 2.24) is 19.5 Å². The molecule has 1 N–H and O–H groups in total. The van der Waals surface area contributed by atoms with Crippen LogP contribution in [0.1, 0.15) is 27.0 Å². The lowest BCUT2D eigenvalue weighted by molar-refractivity contribution is 0.0737. The second-order valence-electron chi connectivity index (χ2n) is 8.84. The maximum atomic E-state index is 13.5. The molecule has 0 unspecified atom stereocenters. The summed E-state index contributed by atoms with van der Waals surface area (Å²) < 4.78 is 7.78. The van der Waals surface area contributed by atoms with Crippen LogP contribution in [0.2, 0.25) is 0 Å². The minimum atomic E-state index is 0.0440. The Bertz CT molecular complexity index is 1270. The summed E-state index contributed by atoms with van der Waals surface area (Å²) in [6, 6.07) is 16.0. The Labute approximate surface area is 199 Å². The van der Waals surface area contributed by atoms with E-state index in [9.17, 15) is 4.79 Å². The molecule has 1 aromatic carbocycles. The number of ether oxygens (including phenoxy) is 1. The normalized spacial score (nSPS) is 16.4. The van der Waals surface area contributed by atoms with Crippen LogP contribution in [0, 0.1) is 12.8 Å². The van der Waals surface area contributed by atoms with E-state index in [4.69, 9.17) is 4.74 Å². The molecule has 7 heteroatoms. The Morgan fingerprint density at radius 3 is 3.00 bits per heavy atom. The van der Waals surface area contributed by atoms with Crippen molar-refractivity contribution in [2.24, 2.45) is 5.92 Å². The van der Waals surface area contributed by atoms with Crippen molar-refractivity contribution in [3.05, 3.63) is 95.6 Å². The van der Waals surface area contributed by atoms with E-state index in [0.717, 1.165) is 28.8 Å². The van der Waals surface area contributed by atoms with Crippen molar-refractivity contribution in [3.8, 4) is 0 Å². The van der Waals surface area contributed by atoms with Gasteiger partial charge in [-0.3, -0.25) is 9.78 Å². The largest absolute Gasteiger partial charge is 0.381 e. The van der Waals surface area contributed by atoms with Crippen LogP contribution in [-0.4, -0.2) is 51.7 Å². The van der Waals surface area contributed by atoms with E-state index in [1.165, 1.54) is 5.56 Å². The highest BCUT2D eigenvalue weighted by Gasteiger charge is 2.24. The molecular formula is C27H29N5O2. The Hall–Kier alpha value is -3.71. The molecule has 0 spiro atoms. The number of fused-ring (bicyclic) bond motifs is 1. The Kier molecular flexibility index (Phi) is 6.53. The lowest BCUT2D eigenvalue weighted by atomic mass is 9.99. The van der Waals surface area contributed by atoms with Gasteiger partial charge < -0.3 is 15.0 Å². The first-order valence-electron chi connectivity index (χ1n) is 11.7. The number of amides is 1. The number of carbonyl (C=O) groups is 1. The minimum Gasteiger partial charge on any atom is -0.381 e. The molecule has 34 heavy (non-hydrogen) atoms. The predicted octanol–water partition coefficient (Wildman–Crippen LogP) is 3.98. The highest BCUT2D eigenvalue weighted by Crippen LogP contribution is 2.22. The molecule has 0 saturated carbocycles. The van der Waals surface area contributed by atoms with Gasteiger partial charge in [-0.15, -0.1) is 0 Å². The maximum absolute atomic E-state index is 13.5. The van der Waals surface area contributed by atoms with E-state index in [1.807, 2.05) is 77.4 Å². The van der Waals surface area contributed by atoms with Gasteiger partial charge in [0, 0.05) is 61.6 Å². The lowest BCUT2D eigenvalue weighted by Gasteiger charge is -2.24. The second kappa shape index (κ2) is 10.1. The quantitative estimate of drug-likeness (QED) is 0.476. The predicted molar refractivity (Wildman–Crippen MR) is 132 cm³/mol. The molecule has 4 aromatic rings. The van der Waals surface area contributed by atoms with E-state index in [-0.39, 0.29) is 11.8 Å². The molecule has 1 amide bonds. The number of hydrogen-bond acceptors (Lipinski definition) is 5. The Morgan fingerprint density at radius 2 is 2.12 bits per heavy atom. The summed E-state index contributed by atoms with van der Waals surface area (Å²) in [5, 5.41) is 7.79. The Morgan fingerprint density at radius 1 is 1.18 bits per heavy atom. The van der Waals surface area contributed by atoms with Crippen molar-refractivity contribution in [1.29, 1.82) is 0 Å². The fourth-order valence-electron chi connectivity index (χ4n) is 4.51. The summed E-state index contributed by atoms with van der Waals surface area (Å²) in [6.07, 6.45) is 8.22. The van der Waals surface area contributed by atoms with E-state index in [2.05, 4.69) is 21.5 Å². The van der Waals surface area contributed by atoms with E-state index >= 15 is 0 Å². The topological polar surface area (TPSA) is 71.8 Å². The number of benzene rings is 1. The van der Waals surface area contributed by atoms with Gasteiger partial charge in [0.1, 0.15) is 0 Å². The molecule has 0 aliphatic carbocycles. The second-order valence-corrected chi connectivity index (χ2v) is 8.84. The standard InChI is InChI=1S/C27H29N5O2/c1-20-6-7-24(15-25(20)29-17-21-4-2-9-28-16-21)27(33)31-12-13-34-19-22(18-31)14-23-5-3-11-32-26(23)8-10-30-32/h2-11,15-16,22,29H,12-14,17-19H2,1H3/t22-/m1/s1. The molecule has 1 aliphatic rings. The van der Waals surface area contributed by atoms with Gasteiger partial charge in [-0.1, -0.05) is 18.2 Å². The summed E-state index contributed by atoms with van der Waals surface area (Å²) >= 11 is 0. The molecular weight excluding hydrogens is 426 g/mol. The number of hydrogen-bond donors (Lipinski definition) is 1. The average Bonchev–Trinajstić information content (AvgIpc) is 3.24. The SMILES string of the molecule is Cc1ccc(C(=O)N2CCOC[C@H](Cc3cccn4nccc34)C2)cc1NCc1cccnc1. The molecule has 0 radical (unpaired) electrons. The van der Waals surface area contributed by atoms with Crippen LogP contribution < -0.4 is 5.32 Å². The van der Waals surface area contributed by atoms with Gasteiger partial charge in [-0.2, -0.15) is 5.10 Å². The highest BCUT2D eigenvalue weighted by atomic mass is 16.5. The molecule has 5 rings (SSSR count). The number of aryl methyl sites for hydroxylation is 1. The molecule has 4 heterocycles. The van der Waals surface area contributed by atoms with Crippen molar-refractivity contribution in [2.45, 2.75) is 19.9 Å². The summed E-state index contributed by atoms with van der Waals surface area (Å²) in [5.74, 6) is 0.267. The fraction of sp³-hybridized carbons (Fsp3) is 0.296. The third kappa shape index (κ3) is 4.94. The molecule has 1 fully saturated rings. The van der Waals surface area contributed by atoms with Crippen molar-refractivity contribution in [2.75, 3.05) is 31.6 Å². The number of pyridine rings is 2. The molecule has 1 saturated heterocycles. The maximum Gasteiger partial charge on any atom is 0.254 e. The summed E-state index contributed by atoms with van der Waals surface area (Å²) in [7, 11) is 0. The lowest BCUT2D eigenvalue weighted by Crippen LogP contribution is -2.36. The Balaban J connectivity index is 1.29. The smallest absolute Gasteiger partial charge is 0.254 e. The van der Waals surface area contributed by atoms with Crippen LogP contribution in [0.5, 0.6) is 0 Å². The molecule has 1 aliphatic heterocycles. The number of nitrogens with one attached hydrogen (secondary N) is 1. The first-order chi connectivity index (χ1) is 16.7. The first kappa shape index (κ1) is 22.1. The molecule has 3 aromatic heterocycles.